The Kier molecular flexibility index (Phi) is 14.0. The van der Waals surface area contributed by atoms with Gasteiger partial charge in [-0.3, -0.25) is 0 Å². The quantitative estimate of drug-likeness (QED) is 0.141. The van der Waals surface area contributed by atoms with Crippen LogP contribution in [0.15, 0.2) is 273 Å². The highest BCUT2D eigenvalue weighted by Crippen LogP contribution is 2.32. The maximum atomic E-state index is 8.43. The van der Waals surface area contributed by atoms with Gasteiger partial charge in [0, 0.05) is 7.11 Å². The first-order chi connectivity index (χ1) is 32.8. The Hall–Kier alpha value is -6.14. The number of benzene rings is 9. The van der Waals surface area contributed by atoms with Crippen LogP contribution in [0.1, 0.15) is 0 Å². The molecule has 1 heterocycles. The van der Waals surface area contributed by atoms with Gasteiger partial charge in [0.25, 0.3) is 0 Å². The molecule has 1 fully saturated rings. The molecule has 332 valence electrons. The summed E-state index contributed by atoms with van der Waals surface area (Å²) in [6, 6.07) is 94.6. The Morgan fingerprint density at radius 1 is 0.254 bits per heavy atom. The van der Waals surface area contributed by atoms with Gasteiger partial charge in [-0.2, -0.15) is 0 Å². The average molecular weight is 959 g/mol. The van der Waals surface area contributed by atoms with Crippen molar-refractivity contribution < 1.29 is 20.9 Å². The van der Waals surface area contributed by atoms with Crippen molar-refractivity contribution in [3.05, 3.63) is 273 Å². The third-order valence-electron chi connectivity index (χ3n) is 12.4. The van der Waals surface area contributed by atoms with E-state index in [0.717, 1.165) is 41.5 Å². The van der Waals surface area contributed by atoms with Gasteiger partial charge in [0.1, 0.15) is 0 Å². The van der Waals surface area contributed by atoms with Crippen molar-refractivity contribution in [3.63, 3.8) is 0 Å². The van der Waals surface area contributed by atoms with Crippen molar-refractivity contribution in [2.75, 3.05) is 7.11 Å². The summed E-state index contributed by atoms with van der Waals surface area (Å²) in [5.74, 6) is 0. The van der Waals surface area contributed by atoms with Gasteiger partial charge in [-0.25, -0.2) is 0 Å². The van der Waals surface area contributed by atoms with Gasteiger partial charge in [0.05, 0.1) is 0 Å². The molecular weight excluding hydrogens is 905 g/mol. The fourth-order valence-electron chi connectivity index (χ4n) is 8.72. The van der Waals surface area contributed by atoms with Gasteiger partial charge in [0.15, 0.2) is 0 Å². The van der Waals surface area contributed by atoms with E-state index in [4.69, 9.17) is 20.9 Å². The van der Waals surface area contributed by atoms with Crippen LogP contribution in [0.25, 0.3) is 0 Å². The molecule has 0 bridgehead atoms. The Balaban J connectivity index is 0.000000451. The van der Waals surface area contributed by atoms with Crippen LogP contribution >= 0.6 is 0 Å². The van der Waals surface area contributed by atoms with E-state index in [1.807, 2.05) is 54.6 Å². The lowest BCUT2D eigenvalue weighted by molar-refractivity contribution is 0.268. The maximum Gasteiger partial charge on any atom is 0.390 e. The van der Waals surface area contributed by atoms with Crippen LogP contribution in [-0.4, -0.2) is 49.7 Å². The molecule has 0 N–H and O–H groups in total. The third kappa shape index (κ3) is 9.29. The van der Waals surface area contributed by atoms with E-state index < -0.39 is 42.6 Å². The van der Waals surface area contributed by atoms with Gasteiger partial charge in [-0.1, -0.05) is 273 Å². The fraction of sp³-hybridized carbons (Fsp3) is 0.0526. The van der Waals surface area contributed by atoms with Gasteiger partial charge in [0.2, 0.25) is 8.32 Å². The summed E-state index contributed by atoms with van der Waals surface area (Å²) in [7, 11) is -15.3. The highest BCUT2D eigenvalue weighted by molar-refractivity contribution is 7.16. The number of hydrogen-bond donors (Lipinski definition) is 0. The molecule has 0 saturated carbocycles. The van der Waals surface area contributed by atoms with Gasteiger partial charge < -0.3 is 20.9 Å². The molecule has 1 aliphatic heterocycles. The predicted molar refractivity (Wildman–Crippen MR) is 287 cm³/mol. The Morgan fingerprint density at radius 2 is 0.403 bits per heavy atom. The monoisotopic (exact) mass is 958 g/mol. The van der Waals surface area contributed by atoms with Crippen LogP contribution in [-0.2, 0) is 20.9 Å². The molecule has 5 nitrogen and oxygen atoms in total. The minimum Gasteiger partial charge on any atom is -0.416 e. The Bertz CT molecular complexity index is 2380. The maximum absolute atomic E-state index is 8.43. The van der Waals surface area contributed by atoms with Crippen LogP contribution in [0, 0.1) is 0 Å². The standard InChI is InChI=1S/C48H40O4Si4.C9H14OSi/c1-9-25-41(26-10-1)53(42-27-11-2-12-28-42)49-54(43-29-13-3-14-30-43,44-31-15-4-16-32-44)51-56(47-37-21-7-22-38-47,48-39-23-8-24-40-48)52-55(50-53,45-33-17-5-18-34-45)46-35-19-6-20-36-46;1-10-11(2,3)9-7-5-4-6-8-9/h1-40H;4-8H,1-3H3. The molecule has 67 heavy (non-hydrogen) atoms. The fourth-order valence-corrected chi connectivity index (χ4v) is 32.5. The molecule has 0 aliphatic carbocycles. The average Bonchev–Trinajstić information content (AvgIpc) is 3.41. The van der Waals surface area contributed by atoms with Crippen molar-refractivity contribution in [2.24, 2.45) is 0 Å². The first kappa shape index (κ1) is 46.0. The van der Waals surface area contributed by atoms with E-state index in [1.165, 1.54) is 5.19 Å². The van der Waals surface area contributed by atoms with Crippen molar-refractivity contribution in [1.29, 1.82) is 0 Å². The molecule has 9 aromatic carbocycles. The van der Waals surface area contributed by atoms with Crippen LogP contribution in [0.5, 0.6) is 0 Å². The van der Waals surface area contributed by atoms with Crippen molar-refractivity contribution in [2.45, 2.75) is 13.1 Å². The molecule has 9 aromatic rings. The molecule has 10 heteroatoms. The van der Waals surface area contributed by atoms with Gasteiger partial charge >= 0.3 is 34.2 Å². The van der Waals surface area contributed by atoms with Crippen LogP contribution in [0.4, 0.5) is 0 Å². The van der Waals surface area contributed by atoms with Crippen molar-refractivity contribution >= 4 is 89.2 Å². The van der Waals surface area contributed by atoms with E-state index in [1.54, 1.807) is 7.11 Å². The Labute approximate surface area is 401 Å². The summed E-state index contributed by atoms with van der Waals surface area (Å²) in [6.07, 6.45) is 0. The zero-order valence-corrected chi connectivity index (χ0v) is 43.0. The summed E-state index contributed by atoms with van der Waals surface area (Å²) < 4.78 is 39.2. The van der Waals surface area contributed by atoms with Crippen molar-refractivity contribution in [3.8, 4) is 0 Å². The number of hydrogen-bond acceptors (Lipinski definition) is 5. The summed E-state index contributed by atoms with van der Waals surface area (Å²) in [5, 5.41) is 9.12. The van der Waals surface area contributed by atoms with Gasteiger partial charge in [-0.15, -0.1) is 0 Å². The molecule has 1 aliphatic rings. The second-order valence-electron chi connectivity index (χ2n) is 16.9. The summed E-state index contributed by atoms with van der Waals surface area (Å²) >= 11 is 0. The van der Waals surface area contributed by atoms with Crippen molar-refractivity contribution in [1.82, 2.24) is 0 Å². The van der Waals surface area contributed by atoms with E-state index in [0.29, 0.717) is 0 Å². The van der Waals surface area contributed by atoms with Crippen LogP contribution < -0.4 is 46.7 Å². The second-order valence-corrected chi connectivity index (χ2v) is 33.7. The van der Waals surface area contributed by atoms with E-state index in [-0.39, 0.29) is 0 Å². The lowest BCUT2D eigenvalue weighted by Crippen LogP contribution is -2.88. The molecule has 0 spiro atoms. The zero-order valence-electron chi connectivity index (χ0n) is 38.0. The molecule has 0 aromatic heterocycles. The van der Waals surface area contributed by atoms with E-state index in [9.17, 15) is 0 Å². The zero-order chi connectivity index (χ0) is 46.1. The van der Waals surface area contributed by atoms with Crippen LogP contribution in [0.3, 0.4) is 0 Å². The lowest BCUT2D eigenvalue weighted by atomic mass is 10.4. The first-order valence-electron chi connectivity index (χ1n) is 22.7. The summed E-state index contributed by atoms with van der Waals surface area (Å²) in [4.78, 5) is 0. The SMILES string of the molecule is CO[Si](C)(C)c1ccccc1.c1ccc([Si]2(c3ccccc3)O[Si](c3ccccc3)(c3ccccc3)O[Si](c3ccccc3)(c3ccccc3)O[Si](c3ccccc3)(c3ccccc3)O2)cc1. The summed E-state index contributed by atoms with van der Waals surface area (Å²) in [5.41, 5.74) is 0. The molecular formula is C57H54O5Si5. The molecule has 1 saturated heterocycles. The highest BCUT2D eigenvalue weighted by atomic mass is 28.5. The molecule has 0 radical (unpaired) electrons. The smallest absolute Gasteiger partial charge is 0.390 e. The normalized spacial score (nSPS) is 16.0. The van der Waals surface area contributed by atoms with E-state index >= 15 is 0 Å². The first-order valence-corrected chi connectivity index (χ1v) is 32.9. The minimum absolute atomic E-state index is 0.972. The highest BCUT2D eigenvalue weighted by Gasteiger charge is 2.67. The van der Waals surface area contributed by atoms with Gasteiger partial charge in [-0.05, 0) is 59.8 Å². The number of rotatable bonds is 10. The lowest BCUT2D eigenvalue weighted by Gasteiger charge is -2.53. The third-order valence-corrected chi connectivity index (χ3v) is 33.1. The molecule has 0 atom stereocenters. The second kappa shape index (κ2) is 20.4. The summed E-state index contributed by atoms with van der Waals surface area (Å²) in [6.45, 7) is 4.39. The molecule has 0 amide bonds. The molecule has 10 rings (SSSR count). The predicted octanol–water partition coefficient (Wildman–Crippen LogP) is 6.84. The Morgan fingerprint density at radius 3 is 0.552 bits per heavy atom. The topological polar surface area (TPSA) is 46.2 Å². The minimum atomic E-state index is -3.89. The largest absolute Gasteiger partial charge is 0.416 e. The molecule has 0 unspecified atom stereocenters. The van der Waals surface area contributed by atoms with E-state index in [2.05, 4.69) is 231 Å². The van der Waals surface area contributed by atoms with Crippen LogP contribution in [0.2, 0.25) is 13.1 Å².